The maximum absolute atomic E-state index is 13.6. The van der Waals surface area contributed by atoms with Crippen molar-refractivity contribution in [3.05, 3.63) is 94.9 Å². The van der Waals surface area contributed by atoms with Crippen LogP contribution in [0.2, 0.25) is 0 Å². The van der Waals surface area contributed by atoms with Gasteiger partial charge in [0.15, 0.2) is 21.5 Å². The van der Waals surface area contributed by atoms with Gasteiger partial charge < -0.3 is 64.4 Å². The number of nitrogens with zero attached hydrogens (tertiary/aromatic N) is 2. The molecule has 0 fully saturated rings. The van der Waals surface area contributed by atoms with Crippen LogP contribution in [-0.4, -0.2) is 139 Å². The van der Waals surface area contributed by atoms with Crippen LogP contribution < -0.4 is 59.7 Å². The molecule has 2 aromatic carbocycles. The Bertz CT molecular complexity index is 2890. The minimum Gasteiger partial charge on any atom is -0.735 e. The molecular formula is C44H43Br8N6NaO16S. The van der Waals surface area contributed by atoms with Crippen LogP contribution in [-0.2, 0) is 61.5 Å². The molecule has 0 saturated carbocycles. The molecule has 2 aliphatic heterocycles. The number of aliphatic carboxylic acids is 1. The normalized spacial score (nSPS) is 21.8. The molecule has 2 aromatic rings. The van der Waals surface area contributed by atoms with E-state index in [4.69, 9.17) is 28.6 Å². The van der Waals surface area contributed by atoms with Crippen molar-refractivity contribution in [3.63, 3.8) is 0 Å². The average Bonchev–Trinajstić information content (AvgIpc) is 3.96. The number of nitrogens with one attached hydrogen (secondary N) is 4. The number of aliphatic hydroxyl groups excluding tert-OH is 2. The Morgan fingerprint density at radius 1 is 0.711 bits per heavy atom. The summed E-state index contributed by atoms with van der Waals surface area (Å²) in [6, 6.07) is 2.89. The van der Waals surface area contributed by atoms with Crippen molar-refractivity contribution in [1.29, 1.82) is 0 Å². The number of hydrogen-bond acceptors (Lipinski definition) is 17. The zero-order valence-corrected chi connectivity index (χ0v) is 55.3. The summed E-state index contributed by atoms with van der Waals surface area (Å²) in [4.78, 5) is 63.0. The number of amides is 3. The fourth-order valence-electron chi connectivity index (χ4n) is 7.78. The first-order valence-corrected chi connectivity index (χ1v) is 29.6. The first-order valence-electron chi connectivity index (χ1n) is 21.9. The molecule has 4 unspecified atom stereocenters. The Hall–Kier alpha value is -1.95. The van der Waals surface area contributed by atoms with E-state index in [-0.39, 0.29) is 93.0 Å². The van der Waals surface area contributed by atoms with Crippen molar-refractivity contribution in [1.82, 2.24) is 20.7 Å². The summed E-state index contributed by atoms with van der Waals surface area (Å²) in [6.07, 6.45) is 0.816. The minimum atomic E-state index is -5.23. The van der Waals surface area contributed by atoms with Gasteiger partial charge in [0.25, 0.3) is 11.8 Å². The molecular weight excluding hydrogens is 1560 g/mol. The van der Waals surface area contributed by atoms with Crippen molar-refractivity contribution in [3.8, 4) is 11.5 Å². The van der Waals surface area contributed by atoms with Gasteiger partial charge in [-0.05, 0) is 194 Å². The number of carbonyl (C=O) groups is 4. The monoisotopic (exact) mass is 1600 g/mol. The molecule has 408 valence electrons. The number of carboxylic acid groups (broad SMARTS) is 1. The first-order chi connectivity index (χ1) is 35.3. The molecule has 6 atom stereocenters. The molecule has 76 heavy (non-hydrogen) atoms. The summed E-state index contributed by atoms with van der Waals surface area (Å²) in [5, 5.41) is 47.5. The maximum Gasteiger partial charge on any atom is 1.00 e. The van der Waals surface area contributed by atoms with Crippen molar-refractivity contribution in [2.45, 2.75) is 74.0 Å². The molecule has 4 aliphatic rings. The number of carboxylic acids is 1. The second-order valence-electron chi connectivity index (χ2n) is 16.7. The van der Waals surface area contributed by atoms with Gasteiger partial charge in [-0.2, -0.15) is 0 Å². The van der Waals surface area contributed by atoms with E-state index < -0.39 is 69.5 Å². The van der Waals surface area contributed by atoms with Gasteiger partial charge in [-0.1, -0.05) is 10.3 Å². The summed E-state index contributed by atoms with van der Waals surface area (Å²) < 4.78 is 63.3. The Labute approximate surface area is 524 Å². The van der Waals surface area contributed by atoms with Crippen LogP contribution in [0.15, 0.2) is 94.1 Å². The van der Waals surface area contributed by atoms with E-state index in [0.29, 0.717) is 82.8 Å². The van der Waals surface area contributed by atoms with E-state index in [1.807, 2.05) is 0 Å². The van der Waals surface area contributed by atoms with Gasteiger partial charge in [0.2, 0.25) is 5.91 Å². The van der Waals surface area contributed by atoms with Crippen molar-refractivity contribution in [2.75, 3.05) is 40.5 Å². The summed E-state index contributed by atoms with van der Waals surface area (Å²) >= 11 is 27.1. The van der Waals surface area contributed by atoms with Gasteiger partial charge in [-0.15, -0.1) is 0 Å². The van der Waals surface area contributed by atoms with Gasteiger partial charge >= 0.3 is 35.5 Å². The van der Waals surface area contributed by atoms with Crippen LogP contribution in [0.4, 0.5) is 0 Å². The largest absolute Gasteiger partial charge is 1.00 e. The zero-order chi connectivity index (χ0) is 55.2. The molecule has 2 spiro atoms. The van der Waals surface area contributed by atoms with E-state index >= 15 is 0 Å². The number of hydrogen-bond donors (Lipinski definition) is 7. The number of halogens is 8. The maximum atomic E-state index is 13.6. The van der Waals surface area contributed by atoms with Gasteiger partial charge in [-0.25, -0.2) is 17.9 Å². The van der Waals surface area contributed by atoms with Crippen LogP contribution in [0.5, 0.6) is 11.5 Å². The van der Waals surface area contributed by atoms with Crippen molar-refractivity contribution >= 4 is 173 Å². The third-order valence-corrected chi connectivity index (χ3v) is 17.1. The zero-order valence-electron chi connectivity index (χ0n) is 39.8. The van der Waals surface area contributed by atoms with Gasteiger partial charge in [0, 0.05) is 32.4 Å². The van der Waals surface area contributed by atoms with E-state index in [9.17, 15) is 47.5 Å². The number of ether oxygens (including phenoxy) is 4. The molecule has 2 heterocycles. The number of oxime groups is 2. The number of methoxy groups -OCH3 is 2. The molecule has 0 saturated heterocycles. The molecule has 2 aliphatic carbocycles. The smallest absolute Gasteiger partial charge is 0.735 e. The van der Waals surface area contributed by atoms with Crippen LogP contribution in [0.1, 0.15) is 36.8 Å². The summed E-state index contributed by atoms with van der Waals surface area (Å²) in [5.74, 6) is -2.09. The number of carbonyl (C=O) groups excluding carboxylic acids is 3. The standard InChI is InChI=1S/C44H44Br8N6O16S.Na/c1-69-35-25(49)15-43(37(59)31(35)51)17-29(56-73-43)39(61)53-5-3-7-71-33-21(45)9-19(10-22(33)46)13-27(58-75(66,67)68)41(63)55-28(42(64)65)14-20-11-23(47)34(24(48)12-20)72-8-4-6-54-40(62)30-18-44(74-57-30)16-26(50)36(70-2)32(52)38(44)60;/h9-12,15-16,27-28,37-38,58-60H,3-8,13-14,17-18H2,1-2H3,(H,53,61)(H,54,62)(H,55,63)(H,64,65)(H,66,67,68);/q;+1/p-1/t27?,28?,37?,38?,43-,44-;/m0./s1. The first kappa shape index (κ1) is 64.9. The fourth-order valence-corrected chi connectivity index (χ4v) is 14.9. The number of rotatable bonds is 23. The van der Waals surface area contributed by atoms with E-state index in [2.05, 4.69) is 154 Å². The van der Waals surface area contributed by atoms with Crippen molar-refractivity contribution < 1.29 is 106 Å². The topological polar surface area (TPSA) is 314 Å². The van der Waals surface area contributed by atoms with Gasteiger partial charge in [-0.3, -0.25) is 14.4 Å². The van der Waals surface area contributed by atoms with Crippen LogP contribution >= 0.6 is 127 Å². The average molecular weight is 1610 g/mol. The summed E-state index contributed by atoms with van der Waals surface area (Å²) in [7, 11) is -2.33. The number of aliphatic hydroxyl groups is 2. The molecule has 0 bridgehead atoms. The Kier molecular flexibility index (Phi) is 24.0. The predicted molar refractivity (Wildman–Crippen MR) is 297 cm³/mol. The number of benzene rings is 2. The Morgan fingerprint density at radius 3 is 1.45 bits per heavy atom. The SMILES string of the molecule is COC1=C(Br)C(O)[C@]2(C=C1Br)CC(C(=O)NCCCOc1c(Br)cc(CC(NC(=O)C(Cc3cc(Br)c(OCCCNC(=O)C4=NO[C@@]5(C=C(Br)C(OC)=C(Br)C5O)C4)c(Br)c3)NS(=O)(=O)[O-])C(=O)O)cc1Br)=NO2.[Na+]. The third-order valence-electron chi connectivity index (χ3n) is 11.4. The Balaban J connectivity index is 0.0000107. The summed E-state index contributed by atoms with van der Waals surface area (Å²) in [6.45, 7) is 0.621. The van der Waals surface area contributed by atoms with Crippen LogP contribution in [0.3, 0.4) is 0 Å². The van der Waals surface area contributed by atoms with E-state index in [0.717, 1.165) is 0 Å². The van der Waals surface area contributed by atoms with E-state index in [1.165, 1.54) is 26.4 Å². The van der Waals surface area contributed by atoms with Crippen molar-refractivity contribution in [2.24, 2.45) is 10.3 Å². The molecule has 32 heteroatoms. The molecule has 3 amide bonds. The predicted octanol–water partition coefficient (Wildman–Crippen LogP) is 3.13. The molecule has 22 nitrogen and oxygen atoms in total. The third kappa shape index (κ3) is 15.9. The second kappa shape index (κ2) is 28.2. The second-order valence-corrected chi connectivity index (χ2v) is 24.7. The van der Waals surface area contributed by atoms with Crippen LogP contribution in [0.25, 0.3) is 0 Å². The molecule has 6 rings (SSSR count). The number of allylic oxidation sites excluding steroid dienone is 2. The molecule has 7 N–H and O–H groups in total. The van der Waals surface area contributed by atoms with Gasteiger partial charge in [0.05, 0.1) is 63.3 Å². The Morgan fingerprint density at radius 2 is 1.09 bits per heavy atom. The van der Waals surface area contributed by atoms with E-state index in [1.54, 1.807) is 29.0 Å². The summed E-state index contributed by atoms with van der Waals surface area (Å²) in [5.41, 5.74) is -1.72. The fraction of sp³-hybridized carbons (Fsp3) is 0.409. The molecule has 0 radical (unpaired) electrons. The van der Waals surface area contributed by atoms with Crippen LogP contribution in [0, 0.1) is 0 Å². The quantitative estimate of drug-likeness (QED) is 0.0478. The van der Waals surface area contributed by atoms with Gasteiger partial charge in [0.1, 0.15) is 58.7 Å². The minimum absolute atomic E-state index is 0. The molecule has 0 aromatic heterocycles.